The van der Waals surface area contributed by atoms with Gasteiger partial charge in [0.15, 0.2) is 0 Å². The van der Waals surface area contributed by atoms with Gasteiger partial charge in [-0.1, -0.05) is 12.1 Å². The van der Waals surface area contributed by atoms with Gasteiger partial charge >= 0.3 is 0 Å². The Morgan fingerprint density at radius 1 is 1.11 bits per heavy atom. The number of aryl methyl sites for hydroxylation is 2. The number of piperazine rings is 1. The lowest BCUT2D eigenvalue weighted by molar-refractivity contribution is 0.188. The largest absolute Gasteiger partial charge is 0.364 e. The van der Waals surface area contributed by atoms with E-state index in [1.807, 2.05) is 31.6 Å². The molecule has 4 heterocycles. The number of halogens is 1. The average Bonchev–Trinajstić information content (AvgIpc) is 3.28. The quantitative estimate of drug-likeness (QED) is 0.455. The summed E-state index contributed by atoms with van der Waals surface area (Å²) in [5.74, 6) is -0.265. The Morgan fingerprint density at radius 3 is 2.54 bits per heavy atom. The minimum atomic E-state index is -0.265. The van der Waals surface area contributed by atoms with Crippen molar-refractivity contribution in [2.75, 3.05) is 24.5 Å². The number of anilines is 1. The molecule has 178 valence electrons. The van der Waals surface area contributed by atoms with Gasteiger partial charge in [-0.05, 0) is 36.8 Å². The predicted octanol–water partition coefficient (Wildman–Crippen LogP) is 2.98. The fraction of sp³-hybridized carbons (Fsp3) is 0.308. The molecule has 0 saturated carbocycles. The van der Waals surface area contributed by atoms with Crippen molar-refractivity contribution < 1.29 is 4.39 Å². The summed E-state index contributed by atoms with van der Waals surface area (Å²) in [6.45, 7) is 4.22. The second kappa shape index (κ2) is 8.96. The molecule has 3 aromatic heterocycles. The third-order valence-electron chi connectivity index (χ3n) is 6.74. The average molecular weight is 472 g/mol. The standard InChI is InChI=1S/C26H26FN7O/c1-17-15-33(26(19-14-29-31(2)16-19)18-4-6-20(27)7-5-18)10-11-34(17)23-12-24(35)32(3)22-9-8-21(13-28)30-25(22)23/h4-9,12,14,16-17,26H,10-11,15H2,1-3H3/t17-,26?/m0/s1. The first-order valence-corrected chi connectivity index (χ1v) is 11.5. The highest BCUT2D eigenvalue weighted by Gasteiger charge is 2.32. The highest BCUT2D eigenvalue weighted by molar-refractivity contribution is 5.89. The molecule has 1 aliphatic heterocycles. The van der Waals surface area contributed by atoms with Crippen molar-refractivity contribution in [3.63, 3.8) is 0 Å². The van der Waals surface area contributed by atoms with Crippen molar-refractivity contribution in [1.29, 1.82) is 5.26 Å². The molecule has 0 amide bonds. The van der Waals surface area contributed by atoms with Crippen LogP contribution in [0.15, 0.2) is 59.7 Å². The first-order chi connectivity index (χ1) is 16.9. The Bertz CT molecular complexity index is 1480. The van der Waals surface area contributed by atoms with E-state index in [4.69, 9.17) is 0 Å². The van der Waals surface area contributed by atoms with Gasteiger partial charge in [0.1, 0.15) is 23.1 Å². The summed E-state index contributed by atoms with van der Waals surface area (Å²) >= 11 is 0. The molecule has 1 aromatic carbocycles. The number of rotatable bonds is 4. The van der Waals surface area contributed by atoms with E-state index in [0.29, 0.717) is 29.8 Å². The molecule has 0 aliphatic carbocycles. The molecule has 1 saturated heterocycles. The minimum Gasteiger partial charge on any atom is -0.364 e. The maximum absolute atomic E-state index is 13.7. The molecule has 0 radical (unpaired) electrons. The van der Waals surface area contributed by atoms with Gasteiger partial charge in [-0.2, -0.15) is 10.4 Å². The monoisotopic (exact) mass is 471 g/mol. The van der Waals surface area contributed by atoms with Crippen LogP contribution in [0.2, 0.25) is 0 Å². The van der Waals surface area contributed by atoms with Crippen molar-refractivity contribution in [2.24, 2.45) is 14.1 Å². The molecule has 1 fully saturated rings. The summed E-state index contributed by atoms with van der Waals surface area (Å²) in [6, 6.07) is 13.7. The van der Waals surface area contributed by atoms with Crippen molar-refractivity contribution in [2.45, 2.75) is 19.0 Å². The maximum Gasteiger partial charge on any atom is 0.252 e. The van der Waals surface area contributed by atoms with Crippen molar-refractivity contribution in [1.82, 2.24) is 24.2 Å². The van der Waals surface area contributed by atoms with Crippen LogP contribution in [0.5, 0.6) is 0 Å². The van der Waals surface area contributed by atoms with Crippen LogP contribution < -0.4 is 10.5 Å². The van der Waals surface area contributed by atoms with Crippen LogP contribution >= 0.6 is 0 Å². The van der Waals surface area contributed by atoms with Gasteiger partial charge in [0, 0.05) is 57.6 Å². The van der Waals surface area contributed by atoms with Crippen molar-refractivity contribution in [3.05, 3.63) is 87.9 Å². The smallest absolute Gasteiger partial charge is 0.252 e. The zero-order chi connectivity index (χ0) is 24.7. The molecule has 0 spiro atoms. The van der Waals surface area contributed by atoms with Gasteiger partial charge in [-0.15, -0.1) is 0 Å². The first kappa shape index (κ1) is 22.7. The lowest BCUT2D eigenvalue weighted by Gasteiger charge is -2.44. The van der Waals surface area contributed by atoms with Crippen LogP contribution in [0, 0.1) is 17.1 Å². The Labute approximate surface area is 202 Å². The van der Waals surface area contributed by atoms with Crippen LogP contribution in [0.3, 0.4) is 0 Å². The molecule has 0 bridgehead atoms. The molecule has 1 aliphatic rings. The van der Waals surface area contributed by atoms with Gasteiger partial charge in [-0.25, -0.2) is 9.37 Å². The van der Waals surface area contributed by atoms with E-state index in [-0.39, 0.29) is 23.5 Å². The van der Waals surface area contributed by atoms with Crippen LogP contribution in [0.4, 0.5) is 10.1 Å². The van der Waals surface area contributed by atoms with Crippen molar-refractivity contribution in [3.8, 4) is 6.07 Å². The molecule has 5 rings (SSSR count). The number of fused-ring (bicyclic) bond motifs is 1. The van der Waals surface area contributed by atoms with Gasteiger partial charge in [0.05, 0.1) is 23.4 Å². The molecular formula is C26H26FN7O. The summed E-state index contributed by atoms with van der Waals surface area (Å²) in [6.07, 6.45) is 3.85. The number of nitriles is 1. The molecule has 4 aromatic rings. The highest BCUT2D eigenvalue weighted by atomic mass is 19.1. The molecule has 1 unspecified atom stereocenters. The number of nitrogens with zero attached hydrogens (tertiary/aromatic N) is 7. The van der Waals surface area contributed by atoms with Gasteiger partial charge in [0.25, 0.3) is 5.56 Å². The number of pyridine rings is 2. The Morgan fingerprint density at radius 2 is 1.89 bits per heavy atom. The van der Waals surface area contributed by atoms with Gasteiger partial charge in [-0.3, -0.25) is 14.4 Å². The zero-order valence-electron chi connectivity index (χ0n) is 19.9. The van der Waals surface area contributed by atoms with E-state index < -0.39 is 0 Å². The molecular weight excluding hydrogens is 445 g/mol. The SMILES string of the molecule is C[C@H]1CN(C(c2ccc(F)cc2)c2cnn(C)c2)CCN1c1cc(=O)n(C)c2ccc(C#N)nc12. The maximum atomic E-state index is 13.7. The molecule has 0 N–H and O–H groups in total. The van der Waals surface area contributed by atoms with Gasteiger partial charge in [0.2, 0.25) is 0 Å². The normalized spacial score (nSPS) is 17.5. The molecule has 8 nitrogen and oxygen atoms in total. The van der Waals surface area contributed by atoms with E-state index in [0.717, 1.165) is 23.4 Å². The summed E-state index contributed by atoms with van der Waals surface area (Å²) < 4.78 is 17.0. The molecule has 9 heteroatoms. The van der Waals surface area contributed by atoms with E-state index in [2.05, 4.69) is 32.9 Å². The molecule has 35 heavy (non-hydrogen) atoms. The lowest BCUT2D eigenvalue weighted by atomic mass is 9.97. The molecule has 2 atom stereocenters. The van der Waals surface area contributed by atoms with Crippen LogP contribution in [0.25, 0.3) is 11.0 Å². The Balaban J connectivity index is 1.50. The number of aromatic nitrogens is 4. The number of hydrogen-bond acceptors (Lipinski definition) is 6. The van der Waals surface area contributed by atoms with Crippen LogP contribution in [-0.4, -0.2) is 49.9 Å². The van der Waals surface area contributed by atoms with Crippen molar-refractivity contribution >= 4 is 16.7 Å². The fourth-order valence-electron chi connectivity index (χ4n) is 5.01. The van der Waals surface area contributed by atoms with E-state index >= 15 is 0 Å². The summed E-state index contributed by atoms with van der Waals surface area (Å²) in [5.41, 5.74) is 4.32. The van der Waals surface area contributed by atoms with Crippen LogP contribution in [-0.2, 0) is 14.1 Å². The first-order valence-electron chi connectivity index (χ1n) is 11.5. The minimum absolute atomic E-state index is 0.0613. The summed E-state index contributed by atoms with van der Waals surface area (Å²) in [5, 5.41) is 13.7. The fourth-order valence-corrected chi connectivity index (χ4v) is 5.01. The zero-order valence-corrected chi connectivity index (χ0v) is 19.9. The second-order valence-electron chi connectivity index (χ2n) is 9.04. The predicted molar refractivity (Wildman–Crippen MR) is 132 cm³/mol. The van der Waals surface area contributed by atoms with E-state index in [1.165, 1.54) is 12.1 Å². The highest BCUT2D eigenvalue weighted by Crippen LogP contribution is 2.33. The number of benzene rings is 1. The Kier molecular flexibility index (Phi) is 5.83. The third-order valence-corrected chi connectivity index (χ3v) is 6.74. The third kappa shape index (κ3) is 4.17. The van der Waals surface area contributed by atoms with E-state index in [1.54, 1.807) is 34.5 Å². The number of hydrogen-bond donors (Lipinski definition) is 0. The summed E-state index contributed by atoms with van der Waals surface area (Å²) in [4.78, 5) is 21.8. The lowest BCUT2D eigenvalue weighted by Crippen LogP contribution is -2.53. The second-order valence-corrected chi connectivity index (χ2v) is 9.04. The van der Waals surface area contributed by atoms with Crippen LogP contribution in [0.1, 0.15) is 29.8 Å². The van der Waals surface area contributed by atoms with E-state index in [9.17, 15) is 14.4 Å². The van der Waals surface area contributed by atoms with Gasteiger partial charge < -0.3 is 9.47 Å². The Hall–Kier alpha value is -4.03. The summed E-state index contributed by atoms with van der Waals surface area (Å²) in [7, 11) is 3.60. The topological polar surface area (TPSA) is 83.0 Å².